The molecule has 0 saturated carbocycles. The van der Waals surface area contributed by atoms with E-state index in [0.29, 0.717) is 19.4 Å². The molecule has 1 N–H and O–H groups in total. The molecule has 1 aliphatic heterocycles. The number of aryl methyl sites for hydroxylation is 1. The lowest BCUT2D eigenvalue weighted by Gasteiger charge is -2.12. The summed E-state index contributed by atoms with van der Waals surface area (Å²) in [4.78, 5) is 39.5. The lowest BCUT2D eigenvalue weighted by molar-refractivity contribution is -0.136. The number of methoxy groups -OCH3 is 1. The van der Waals surface area contributed by atoms with Gasteiger partial charge in [-0.3, -0.25) is 19.3 Å². The Morgan fingerprint density at radius 1 is 1.04 bits per heavy atom. The highest BCUT2D eigenvalue weighted by atomic mass is 16.5. The minimum absolute atomic E-state index is 0.240. The first-order valence-electron chi connectivity index (χ1n) is 9.77. The summed E-state index contributed by atoms with van der Waals surface area (Å²) in [6.45, 7) is 0.433. The number of nitrogens with zero attached hydrogens (tertiary/aromatic N) is 1. The molecule has 2 heterocycles. The van der Waals surface area contributed by atoms with Gasteiger partial charge in [-0.05, 0) is 49.4 Å². The second-order valence-electron chi connectivity index (χ2n) is 7.09. The molecule has 1 aromatic carbocycles. The number of H-pyrrole nitrogens is 1. The van der Waals surface area contributed by atoms with Crippen LogP contribution in [-0.4, -0.2) is 41.1 Å². The highest BCUT2D eigenvalue weighted by Gasteiger charge is 2.22. The Bertz CT molecular complexity index is 879. The van der Waals surface area contributed by atoms with Gasteiger partial charge in [-0.1, -0.05) is 6.42 Å². The number of fused-ring (bicyclic) bond motifs is 1. The fourth-order valence-corrected chi connectivity index (χ4v) is 3.51. The summed E-state index contributed by atoms with van der Waals surface area (Å²) in [5.41, 5.74) is 2.28. The zero-order valence-corrected chi connectivity index (χ0v) is 16.2. The second kappa shape index (κ2) is 9.35. The topological polar surface area (TPSA) is 79.5 Å². The van der Waals surface area contributed by atoms with Crippen LogP contribution in [-0.2, 0) is 20.8 Å². The third-order valence-electron chi connectivity index (χ3n) is 5.11. The van der Waals surface area contributed by atoms with E-state index < -0.39 is 0 Å². The normalized spacial score (nSPS) is 13.7. The van der Waals surface area contributed by atoms with E-state index in [1.165, 1.54) is 22.6 Å². The SMILES string of the molecule is COc1ccc2[nH]cc(CCCC(=O)CCCCCN3C(=O)C=CC3=O)c2c1. The molecule has 0 bridgehead atoms. The number of ether oxygens (including phenoxy) is 1. The molecule has 0 aliphatic carbocycles. The molecule has 0 radical (unpaired) electrons. The molecule has 148 valence electrons. The zero-order valence-electron chi connectivity index (χ0n) is 16.2. The van der Waals surface area contributed by atoms with Crippen molar-refractivity contribution in [1.82, 2.24) is 9.88 Å². The van der Waals surface area contributed by atoms with Crippen molar-refractivity contribution in [2.75, 3.05) is 13.7 Å². The molecular formula is C22H26N2O4. The molecule has 0 fully saturated rings. The van der Waals surface area contributed by atoms with Crippen LogP contribution in [0.4, 0.5) is 0 Å². The Hall–Kier alpha value is -2.89. The predicted octanol–water partition coefficient (Wildman–Crippen LogP) is 3.55. The Labute approximate surface area is 164 Å². The molecule has 6 heteroatoms. The molecule has 6 nitrogen and oxygen atoms in total. The van der Waals surface area contributed by atoms with Gasteiger partial charge in [0.15, 0.2) is 0 Å². The summed E-state index contributed by atoms with van der Waals surface area (Å²) < 4.78 is 5.29. The number of hydrogen-bond donors (Lipinski definition) is 1. The van der Waals surface area contributed by atoms with Crippen molar-refractivity contribution in [3.8, 4) is 5.75 Å². The molecule has 0 saturated heterocycles. The average molecular weight is 382 g/mol. The molecule has 1 aliphatic rings. The minimum atomic E-state index is -0.240. The quantitative estimate of drug-likeness (QED) is 0.476. The molecule has 0 atom stereocenters. The van der Waals surface area contributed by atoms with E-state index >= 15 is 0 Å². The van der Waals surface area contributed by atoms with Gasteiger partial charge in [-0.25, -0.2) is 0 Å². The van der Waals surface area contributed by atoms with E-state index in [2.05, 4.69) is 4.98 Å². The average Bonchev–Trinajstić information content (AvgIpc) is 3.24. The molecule has 0 unspecified atom stereocenters. The maximum atomic E-state index is 12.1. The lowest BCUT2D eigenvalue weighted by atomic mass is 10.0. The van der Waals surface area contributed by atoms with Gasteiger partial charge in [0.25, 0.3) is 11.8 Å². The van der Waals surface area contributed by atoms with Crippen molar-refractivity contribution in [2.45, 2.75) is 44.9 Å². The van der Waals surface area contributed by atoms with Gasteiger partial charge in [0.2, 0.25) is 0 Å². The second-order valence-corrected chi connectivity index (χ2v) is 7.09. The molecule has 28 heavy (non-hydrogen) atoms. The third-order valence-corrected chi connectivity index (χ3v) is 5.11. The number of rotatable bonds is 11. The first-order chi connectivity index (χ1) is 13.6. The van der Waals surface area contributed by atoms with Crippen LogP contribution < -0.4 is 4.74 Å². The van der Waals surface area contributed by atoms with Gasteiger partial charge < -0.3 is 9.72 Å². The van der Waals surface area contributed by atoms with Crippen LogP contribution in [0, 0.1) is 0 Å². The first kappa shape index (κ1) is 19.9. The van der Waals surface area contributed by atoms with Gasteiger partial charge in [-0.15, -0.1) is 0 Å². The summed E-state index contributed by atoms with van der Waals surface area (Å²) in [6.07, 6.45) is 9.79. The Morgan fingerprint density at radius 3 is 2.54 bits per heavy atom. The van der Waals surface area contributed by atoms with E-state index in [4.69, 9.17) is 4.74 Å². The number of amides is 2. The smallest absolute Gasteiger partial charge is 0.253 e. The number of nitrogens with one attached hydrogen (secondary N) is 1. The van der Waals surface area contributed by atoms with Gasteiger partial charge >= 0.3 is 0 Å². The lowest BCUT2D eigenvalue weighted by Crippen LogP contribution is -2.30. The molecule has 2 amide bonds. The Balaban J connectivity index is 1.33. The highest BCUT2D eigenvalue weighted by Crippen LogP contribution is 2.24. The number of carbonyl (C=O) groups excluding carboxylic acids is 3. The van der Waals surface area contributed by atoms with Crippen molar-refractivity contribution in [3.05, 3.63) is 42.1 Å². The van der Waals surface area contributed by atoms with Crippen molar-refractivity contribution in [3.63, 3.8) is 0 Å². The summed E-state index contributed by atoms with van der Waals surface area (Å²) in [7, 11) is 1.66. The Kier molecular flexibility index (Phi) is 6.63. The number of aromatic nitrogens is 1. The van der Waals surface area contributed by atoms with Crippen LogP contribution in [0.25, 0.3) is 10.9 Å². The van der Waals surface area contributed by atoms with Crippen LogP contribution in [0.3, 0.4) is 0 Å². The first-order valence-corrected chi connectivity index (χ1v) is 9.77. The molecule has 1 aromatic heterocycles. The molecule has 3 rings (SSSR count). The third kappa shape index (κ3) is 4.88. The van der Waals surface area contributed by atoms with Crippen LogP contribution in [0.5, 0.6) is 5.75 Å². The van der Waals surface area contributed by atoms with Gasteiger partial charge in [0, 0.05) is 48.6 Å². The van der Waals surface area contributed by atoms with Crippen LogP contribution >= 0.6 is 0 Å². The van der Waals surface area contributed by atoms with E-state index in [1.807, 2.05) is 24.4 Å². The Morgan fingerprint density at radius 2 is 1.79 bits per heavy atom. The number of benzene rings is 1. The van der Waals surface area contributed by atoms with Crippen molar-refractivity contribution in [2.24, 2.45) is 0 Å². The minimum Gasteiger partial charge on any atom is -0.497 e. The van der Waals surface area contributed by atoms with Crippen LogP contribution in [0.15, 0.2) is 36.5 Å². The number of carbonyl (C=O) groups is 3. The van der Waals surface area contributed by atoms with Crippen LogP contribution in [0.1, 0.15) is 44.1 Å². The standard InChI is InChI=1S/C22H26N2O4/c1-28-18-9-10-20-19(14-18)16(15-23-20)6-5-8-17(25)7-3-2-4-13-24-21(26)11-12-22(24)27/h9-12,14-15,23H,2-8,13H2,1H3. The summed E-state index contributed by atoms with van der Waals surface area (Å²) in [6, 6.07) is 5.95. The van der Waals surface area contributed by atoms with Crippen molar-refractivity contribution < 1.29 is 19.1 Å². The molecular weight excluding hydrogens is 356 g/mol. The van der Waals surface area contributed by atoms with E-state index in [1.54, 1.807) is 7.11 Å². The van der Waals surface area contributed by atoms with Gasteiger partial charge in [-0.2, -0.15) is 0 Å². The number of aromatic amines is 1. The van der Waals surface area contributed by atoms with E-state index in [-0.39, 0.29) is 17.6 Å². The van der Waals surface area contributed by atoms with Crippen molar-refractivity contribution in [1.29, 1.82) is 0 Å². The summed E-state index contributed by atoms with van der Waals surface area (Å²) in [5.74, 6) is 0.622. The van der Waals surface area contributed by atoms with Gasteiger partial charge in [0.05, 0.1) is 7.11 Å². The summed E-state index contributed by atoms with van der Waals surface area (Å²) in [5, 5.41) is 1.15. The number of unbranched alkanes of at least 4 members (excludes halogenated alkanes) is 2. The maximum Gasteiger partial charge on any atom is 0.253 e. The van der Waals surface area contributed by atoms with E-state index in [0.717, 1.165) is 48.8 Å². The number of imide groups is 1. The number of Topliss-reactive ketones (excluding diaryl/α,β-unsaturated/α-hetero) is 1. The van der Waals surface area contributed by atoms with Crippen LogP contribution in [0.2, 0.25) is 0 Å². The van der Waals surface area contributed by atoms with Gasteiger partial charge in [0.1, 0.15) is 11.5 Å². The largest absolute Gasteiger partial charge is 0.497 e. The molecule has 2 aromatic rings. The predicted molar refractivity (Wildman–Crippen MR) is 107 cm³/mol. The maximum absolute atomic E-state index is 12.1. The fraction of sp³-hybridized carbons (Fsp3) is 0.409. The summed E-state index contributed by atoms with van der Waals surface area (Å²) >= 11 is 0. The fourth-order valence-electron chi connectivity index (χ4n) is 3.51. The molecule has 0 spiro atoms. The monoisotopic (exact) mass is 382 g/mol. The number of hydrogen-bond acceptors (Lipinski definition) is 4. The zero-order chi connectivity index (χ0) is 19.9. The highest BCUT2D eigenvalue weighted by molar-refractivity contribution is 6.12. The van der Waals surface area contributed by atoms with Crippen molar-refractivity contribution >= 4 is 28.5 Å². The van der Waals surface area contributed by atoms with E-state index in [9.17, 15) is 14.4 Å². The number of ketones is 1.